The number of ketones is 1. The van der Waals surface area contributed by atoms with E-state index in [1.165, 1.54) is 0 Å². The molecule has 1 aromatic rings. The molecule has 1 unspecified atom stereocenters. The third-order valence-corrected chi connectivity index (χ3v) is 3.33. The molecule has 0 amide bonds. The van der Waals surface area contributed by atoms with Gasteiger partial charge in [-0.3, -0.25) is 4.79 Å². The van der Waals surface area contributed by atoms with Crippen LogP contribution in [0.25, 0.3) is 0 Å². The van der Waals surface area contributed by atoms with Crippen LogP contribution in [0, 0.1) is 12.3 Å². The minimum Gasteiger partial charge on any atom is -0.327 e. The molecule has 2 nitrogen and oxygen atoms in total. The van der Waals surface area contributed by atoms with E-state index in [0.717, 1.165) is 16.9 Å². The topological polar surface area (TPSA) is 43.1 Å². The Kier molecular flexibility index (Phi) is 4.28. The van der Waals surface area contributed by atoms with Crippen molar-refractivity contribution >= 4 is 17.1 Å². The molecular formula is C13H21NOS. The molecule has 0 aliphatic heterocycles. The quantitative estimate of drug-likeness (QED) is 0.818. The van der Waals surface area contributed by atoms with Gasteiger partial charge in [0.25, 0.3) is 0 Å². The molecule has 1 rings (SSSR count). The summed E-state index contributed by atoms with van der Waals surface area (Å²) in [5.41, 5.74) is 7.03. The van der Waals surface area contributed by atoms with Crippen molar-refractivity contribution in [2.75, 3.05) is 0 Å². The first-order valence-electron chi connectivity index (χ1n) is 5.62. The molecule has 1 atom stereocenters. The molecule has 0 aliphatic rings. The molecule has 90 valence electrons. The van der Waals surface area contributed by atoms with Gasteiger partial charge in [0.05, 0.1) is 0 Å². The Bertz CT molecular complexity index is 362. The monoisotopic (exact) mass is 239 g/mol. The maximum atomic E-state index is 11.9. The van der Waals surface area contributed by atoms with Crippen molar-refractivity contribution in [1.82, 2.24) is 0 Å². The van der Waals surface area contributed by atoms with Crippen LogP contribution >= 0.6 is 11.3 Å². The number of carbonyl (C=O) groups is 1. The minimum absolute atomic E-state index is 0.0354. The minimum atomic E-state index is -0.0354. The van der Waals surface area contributed by atoms with Gasteiger partial charge in [-0.1, -0.05) is 20.8 Å². The first-order valence-corrected chi connectivity index (χ1v) is 6.50. The predicted octanol–water partition coefficient (Wildman–Crippen LogP) is 3.39. The van der Waals surface area contributed by atoms with E-state index < -0.39 is 0 Å². The normalized spacial score (nSPS) is 13.8. The van der Waals surface area contributed by atoms with Crippen LogP contribution in [0.1, 0.15) is 48.8 Å². The zero-order valence-electron chi connectivity index (χ0n) is 10.5. The number of aryl methyl sites for hydroxylation is 1. The Labute approximate surface area is 102 Å². The standard InChI is InChI=1S/C13H21NOS/c1-9-11(5-6-16-9)12(15)7-10(14)8-13(2,3)4/h5-6,10H,7-8,14H2,1-4H3. The van der Waals surface area contributed by atoms with Crippen molar-refractivity contribution in [2.24, 2.45) is 11.1 Å². The van der Waals surface area contributed by atoms with E-state index in [1.807, 2.05) is 18.4 Å². The van der Waals surface area contributed by atoms with E-state index in [0.29, 0.717) is 6.42 Å². The summed E-state index contributed by atoms with van der Waals surface area (Å²) in [5, 5.41) is 1.96. The molecule has 16 heavy (non-hydrogen) atoms. The zero-order chi connectivity index (χ0) is 12.3. The Morgan fingerprint density at radius 1 is 1.50 bits per heavy atom. The van der Waals surface area contributed by atoms with Crippen molar-refractivity contribution in [1.29, 1.82) is 0 Å². The Hall–Kier alpha value is -0.670. The molecule has 0 saturated heterocycles. The number of thiophene rings is 1. The molecule has 0 aliphatic carbocycles. The smallest absolute Gasteiger partial charge is 0.165 e. The molecule has 0 radical (unpaired) electrons. The molecule has 1 heterocycles. The van der Waals surface area contributed by atoms with Gasteiger partial charge in [0.2, 0.25) is 0 Å². The molecule has 3 heteroatoms. The van der Waals surface area contributed by atoms with Gasteiger partial charge < -0.3 is 5.73 Å². The number of hydrogen-bond acceptors (Lipinski definition) is 3. The van der Waals surface area contributed by atoms with E-state index in [4.69, 9.17) is 5.73 Å². The van der Waals surface area contributed by atoms with Crippen molar-refractivity contribution in [2.45, 2.75) is 46.6 Å². The SMILES string of the molecule is Cc1sccc1C(=O)CC(N)CC(C)(C)C. The van der Waals surface area contributed by atoms with Crippen LogP contribution in [-0.2, 0) is 0 Å². The fourth-order valence-electron chi connectivity index (χ4n) is 1.88. The summed E-state index contributed by atoms with van der Waals surface area (Å²) in [5.74, 6) is 0.176. The highest BCUT2D eigenvalue weighted by Gasteiger charge is 2.19. The highest BCUT2D eigenvalue weighted by Crippen LogP contribution is 2.23. The van der Waals surface area contributed by atoms with Gasteiger partial charge in [-0.15, -0.1) is 11.3 Å². The van der Waals surface area contributed by atoms with Crippen LogP contribution in [0.4, 0.5) is 0 Å². The first kappa shape index (κ1) is 13.4. The zero-order valence-corrected chi connectivity index (χ0v) is 11.4. The molecule has 0 spiro atoms. The fourth-order valence-corrected chi connectivity index (χ4v) is 2.60. The van der Waals surface area contributed by atoms with Crippen LogP contribution in [0.5, 0.6) is 0 Å². The number of nitrogens with two attached hydrogens (primary N) is 1. The second-order valence-corrected chi connectivity index (χ2v) is 6.66. The molecule has 0 bridgehead atoms. The summed E-state index contributed by atoms with van der Waals surface area (Å²) in [6.07, 6.45) is 1.33. The average Bonchev–Trinajstić information content (AvgIpc) is 2.47. The molecule has 0 saturated carbocycles. The molecule has 0 fully saturated rings. The first-order chi connectivity index (χ1) is 7.29. The van der Waals surface area contributed by atoms with Crippen LogP contribution in [0.2, 0.25) is 0 Å². The van der Waals surface area contributed by atoms with Crippen LogP contribution in [-0.4, -0.2) is 11.8 Å². The van der Waals surface area contributed by atoms with Crippen molar-refractivity contribution in [3.63, 3.8) is 0 Å². The van der Waals surface area contributed by atoms with E-state index in [-0.39, 0.29) is 17.2 Å². The number of Topliss-reactive ketones (excluding diaryl/α,β-unsaturated/α-hetero) is 1. The van der Waals surface area contributed by atoms with E-state index in [1.54, 1.807) is 11.3 Å². The Balaban J connectivity index is 2.56. The van der Waals surface area contributed by atoms with Gasteiger partial charge in [0, 0.05) is 22.9 Å². The number of hydrogen-bond donors (Lipinski definition) is 1. The Morgan fingerprint density at radius 3 is 2.56 bits per heavy atom. The van der Waals surface area contributed by atoms with Crippen LogP contribution in [0.15, 0.2) is 11.4 Å². The van der Waals surface area contributed by atoms with Gasteiger partial charge in [-0.2, -0.15) is 0 Å². The van der Waals surface area contributed by atoms with E-state index >= 15 is 0 Å². The molecular weight excluding hydrogens is 218 g/mol. The second kappa shape index (κ2) is 5.11. The lowest BCUT2D eigenvalue weighted by molar-refractivity contribution is 0.0968. The summed E-state index contributed by atoms with van der Waals surface area (Å²) in [6.45, 7) is 8.42. The second-order valence-electron chi connectivity index (χ2n) is 5.54. The van der Waals surface area contributed by atoms with Crippen LogP contribution < -0.4 is 5.73 Å². The largest absolute Gasteiger partial charge is 0.327 e. The third kappa shape index (κ3) is 4.06. The number of rotatable bonds is 4. The van der Waals surface area contributed by atoms with Gasteiger partial charge in [0.15, 0.2) is 5.78 Å². The lowest BCUT2D eigenvalue weighted by atomic mass is 9.86. The third-order valence-electron chi connectivity index (χ3n) is 2.48. The molecule has 1 aromatic heterocycles. The molecule has 2 N–H and O–H groups in total. The maximum Gasteiger partial charge on any atom is 0.165 e. The fraction of sp³-hybridized carbons (Fsp3) is 0.615. The molecule has 0 aromatic carbocycles. The van der Waals surface area contributed by atoms with Crippen molar-refractivity contribution < 1.29 is 4.79 Å². The van der Waals surface area contributed by atoms with Crippen molar-refractivity contribution in [3.05, 3.63) is 21.9 Å². The lowest BCUT2D eigenvalue weighted by Crippen LogP contribution is -2.29. The van der Waals surface area contributed by atoms with E-state index in [2.05, 4.69) is 20.8 Å². The lowest BCUT2D eigenvalue weighted by Gasteiger charge is -2.22. The average molecular weight is 239 g/mol. The van der Waals surface area contributed by atoms with Crippen molar-refractivity contribution in [3.8, 4) is 0 Å². The van der Waals surface area contributed by atoms with Gasteiger partial charge in [-0.25, -0.2) is 0 Å². The summed E-state index contributed by atoms with van der Waals surface area (Å²) < 4.78 is 0. The van der Waals surface area contributed by atoms with Gasteiger partial charge in [0.1, 0.15) is 0 Å². The summed E-state index contributed by atoms with van der Waals surface area (Å²) in [7, 11) is 0. The summed E-state index contributed by atoms with van der Waals surface area (Å²) in [4.78, 5) is 13.0. The summed E-state index contributed by atoms with van der Waals surface area (Å²) in [6, 6.07) is 1.86. The van der Waals surface area contributed by atoms with Crippen LogP contribution in [0.3, 0.4) is 0 Å². The summed E-state index contributed by atoms with van der Waals surface area (Å²) >= 11 is 1.61. The van der Waals surface area contributed by atoms with E-state index in [9.17, 15) is 4.79 Å². The Morgan fingerprint density at radius 2 is 2.12 bits per heavy atom. The predicted molar refractivity (Wildman–Crippen MR) is 70.1 cm³/mol. The van der Waals surface area contributed by atoms with Gasteiger partial charge in [-0.05, 0) is 30.2 Å². The highest BCUT2D eigenvalue weighted by molar-refractivity contribution is 7.10. The highest BCUT2D eigenvalue weighted by atomic mass is 32.1. The maximum absolute atomic E-state index is 11.9. The number of carbonyl (C=O) groups excluding carboxylic acids is 1. The van der Waals surface area contributed by atoms with Gasteiger partial charge >= 0.3 is 0 Å².